The largest absolute Gasteiger partial charge is 0.369 e. The molecule has 2 rings (SSSR count). The van der Waals surface area contributed by atoms with E-state index in [9.17, 15) is 13.6 Å². The second kappa shape index (κ2) is 6.05. The van der Waals surface area contributed by atoms with Crippen LogP contribution in [0.1, 0.15) is 17.4 Å². The zero-order chi connectivity index (χ0) is 14.5. The van der Waals surface area contributed by atoms with Crippen LogP contribution in [-0.2, 0) is 0 Å². The van der Waals surface area contributed by atoms with Gasteiger partial charge in [0.2, 0.25) is 0 Å². The minimum Gasteiger partial charge on any atom is -0.369 e. The summed E-state index contributed by atoms with van der Waals surface area (Å²) in [5.74, 6) is -1.50. The van der Waals surface area contributed by atoms with E-state index in [1.54, 1.807) is 6.07 Å². The lowest BCUT2D eigenvalue weighted by atomic mass is 10.2. The van der Waals surface area contributed by atoms with Crippen molar-refractivity contribution in [2.75, 3.05) is 17.2 Å². The number of carbonyl (C=O) groups is 1. The number of benzene rings is 1. The number of aromatic nitrogens is 2. The molecule has 0 aliphatic heterocycles. The molecule has 1 amide bonds. The first kappa shape index (κ1) is 13.9. The van der Waals surface area contributed by atoms with E-state index in [-0.39, 0.29) is 11.4 Å². The van der Waals surface area contributed by atoms with Crippen molar-refractivity contribution < 1.29 is 13.6 Å². The second-order valence-electron chi connectivity index (χ2n) is 3.91. The van der Waals surface area contributed by atoms with Crippen LogP contribution in [0.25, 0.3) is 0 Å². The topological polar surface area (TPSA) is 66.9 Å². The van der Waals surface area contributed by atoms with Crippen molar-refractivity contribution in [1.29, 1.82) is 0 Å². The molecule has 0 aliphatic carbocycles. The molecule has 0 bridgehead atoms. The predicted octanol–water partition coefficient (Wildman–Crippen LogP) is 2.44. The average Bonchev–Trinajstić information content (AvgIpc) is 2.44. The van der Waals surface area contributed by atoms with Crippen LogP contribution in [0, 0.1) is 11.6 Å². The molecule has 1 heterocycles. The Hall–Kier alpha value is -2.57. The van der Waals surface area contributed by atoms with E-state index >= 15 is 0 Å². The lowest BCUT2D eigenvalue weighted by molar-refractivity contribution is 0.102. The van der Waals surface area contributed by atoms with Crippen LogP contribution in [0.3, 0.4) is 0 Å². The molecule has 1 aromatic heterocycles. The first-order chi connectivity index (χ1) is 9.60. The van der Waals surface area contributed by atoms with Crippen LogP contribution in [-0.4, -0.2) is 22.6 Å². The number of hydrogen-bond acceptors (Lipinski definition) is 4. The number of rotatable bonds is 4. The summed E-state index contributed by atoms with van der Waals surface area (Å²) in [5, 5.41) is 12.7. The highest BCUT2D eigenvalue weighted by Gasteiger charge is 2.12. The highest BCUT2D eigenvalue weighted by Crippen LogP contribution is 2.16. The van der Waals surface area contributed by atoms with Crippen LogP contribution in [0.5, 0.6) is 0 Å². The van der Waals surface area contributed by atoms with Gasteiger partial charge in [0.25, 0.3) is 5.91 Å². The maximum atomic E-state index is 13.4. The summed E-state index contributed by atoms with van der Waals surface area (Å²) in [6, 6.07) is 5.82. The lowest BCUT2D eigenvalue weighted by Crippen LogP contribution is -2.16. The molecule has 1 aromatic carbocycles. The first-order valence-corrected chi connectivity index (χ1v) is 5.94. The van der Waals surface area contributed by atoms with Crippen molar-refractivity contribution in [3.05, 3.63) is 47.7 Å². The van der Waals surface area contributed by atoms with Gasteiger partial charge >= 0.3 is 0 Å². The summed E-state index contributed by atoms with van der Waals surface area (Å²) in [6.07, 6.45) is 0. The molecule has 20 heavy (non-hydrogen) atoms. The fraction of sp³-hybridized carbons (Fsp3) is 0.154. The fourth-order valence-corrected chi connectivity index (χ4v) is 1.51. The van der Waals surface area contributed by atoms with E-state index in [0.29, 0.717) is 12.4 Å². The summed E-state index contributed by atoms with van der Waals surface area (Å²) < 4.78 is 26.4. The van der Waals surface area contributed by atoms with E-state index < -0.39 is 17.5 Å². The lowest BCUT2D eigenvalue weighted by Gasteiger charge is -2.06. The number of anilines is 2. The van der Waals surface area contributed by atoms with Gasteiger partial charge in [-0.15, -0.1) is 10.2 Å². The highest BCUT2D eigenvalue weighted by molar-refractivity contribution is 6.02. The Kier molecular flexibility index (Phi) is 4.19. The Morgan fingerprint density at radius 2 is 2.00 bits per heavy atom. The van der Waals surface area contributed by atoms with Crippen molar-refractivity contribution in [3.8, 4) is 0 Å². The summed E-state index contributed by atoms with van der Waals surface area (Å²) in [4.78, 5) is 11.8. The zero-order valence-corrected chi connectivity index (χ0v) is 10.7. The quantitative estimate of drug-likeness (QED) is 0.901. The predicted molar refractivity (Wildman–Crippen MR) is 70.5 cm³/mol. The van der Waals surface area contributed by atoms with Crippen molar-refractivity contribution in [1.82, 2.24) is 10.2 Å². The molecule has 0 unspecified atom stereocenters. The number of halogens is 2. The average molecular weight is 278 g/mol. The van der Waals surface area contributed by atoms with Gasteiger partial charge in [0.05, 0.1) is 5.69 Å². The van der Waals surface area contributed by atoms with Gasteiger partial charge in [0.1, 0.15) is 17.5 Å². The second-order valence-corrected chi connectivity index (χ2v) is 3.91. The minimum atomic E-state index is -0.725. The number of amides is 1. The Bertz CT molecular complexity index is 616. The summed E-state index contributed by atoms with van der Waals surface area (Å²) >= 11 is 0. The van der Waals surface area contributed by atoms with Gasteiger partial charge in [-0.25, -0.2) is 8.78 Å². The molecule has 0 fully saturated rings. The molecular weight excluding hydrogens is 266 g/mol. The van der Waals surface area contributed by atoms with Crippen molar-refractivity contribution in [2.24, 2.45) is 0 Å². The van der Waals surface area contributed by atoms with Gasteiger partial charge in [-0.1, -0.05) is 0 Å². The Morgan fingerprint density at radius 1 is 1.20 bits per heavy atom. The third kappa shape index (κ3) is 3.25. The molecule has 0 radical (unpaired) electrons. The van der Waals surface area contributed by atoms with Crippen LogP contribution in [0.4, 0.5) is 20.3 Å². The molecule has 5 nitrogen and oxygen atoms in total. The van der Waals surface area contributed by atoms with E-state index in [0.717, 1.165) is 18.2 Å². The maximum absolute atomic E-state index is 13.4. The molecule has 7 heteroatoms. The number of hydrogen-bond donors (Lipinski definition) is 2. The normalized spacial score (nSPS) is 10.2. The van der Waals surface area contributed by atoms with Gasteiger partial charge in [0, 0.05) is 12.6 Å². The summed E-state index contributed by atoms with van der Waals surface area (Å²) in [7, 11) is 0. The van der Waals surface area contributed by atoms with Crippen molar-refractivity contribution >= 4 is 17.4 Å². The maximum Gasteiger partial charge on any atom is 0.276 e. The van der Waals surface area contributed by atoms with Crippen molar-refractivity contribution in [2.45, 2.75) is 6.92 Å². The first-order valence-electron chi connectivity index (χ1n) is 5.94. The van der Waals surface area contributed by atoms with E-state index in [2.05, 4.69) is 20.8 Å². The standard InChI is InChI=1S/C13H12F2N4O/c1-2-16-12-6-5-10(18-19-12)13(20)17-11-7-8(14)3-4-9(11)15/h3-7H,2H2,1H3,(H,16,19)(H,17,20). The molecule has 0 atom stereocenters. The van der Waals surface area contributed by atoms with E-state index in [1.165, 1.54) is 6.07 Å². The molecule has 2 N–H and O–H groups in total. The zero-order valence-electron chi connectivity index (χ0n) is 10.7. The third-order valence-electron chi connectivity index (χ3n) is 2.43. The minimum absolute atomic E-state index is 0.00955. The molecular formula is C13H12F2N4O. The van der Waals surface area contributed by atoms with Crippen LogP contribution in [0.15, 0.2) is 30.3 Å². The van der Waals surface area contributed by atoms with Gasteiger partial charge in [-0.05, 0) is 31.2 Å². The van der Waals surface area contributed by atoms with E-state index in [4.69, 9.17) is 0 Å². The van der Waals surface area contributed by atoms with E-state index in [1.807, 2.05) is 6.92 Å². The Labute approximate surface area is 114 Å². The number of carbonyl (C=O) groups excluding carboxylic acids is 1. The SMILES string of the molecule is CCNc1ccc(C(=O)Nc2cc(F)ccc2F)nn1. The van der Waals surface area contributed by atoms with Crippen LogP contribution < -0.4 is 10.6 Å². The fourth-order valence-electron chi connectivity index (χ4n) is 1.51. The number of nitrogens with zero attached hydrogens (tertiary/aromatic N) is 2. The highest BCUT2D eigenvalue weighted by atomic mass is 19.1. The van der Waals surface area contributed by atoms with Crippen LogP contribution >= 0.6 is 0 Å². The molecule has 104 valence electrons. The van der Waals surface area contributed by atoms with Gasteiger partial charge < -0.3 is 10.6 Å². The molecule has 0 spiro atoms. The molecule has 2 aromatic rings. The molecule has 0 aliphatic rings. The summed E-state index contributed by atoms with van der Waals surface area (Å²) in [5.41, 5.74) is -0.233. The van der Waals surface area contributed by atoms with Crippen molar-refractivity contribution in [3.63, 3.8) is 0 Å². The molecule has 0 saturated carbocycles. The smallest absolute Gasteiger partial charge is 0.276 e. The Balaban J connectivity index is 2.13. The monoisotopic (exact) mass is 278 g/mol. The third-order valence-corrected chi connectivity index (χ3v) is 2.43. The van der Waals surface area contributed by atoms with Gasteiger partial charge in [-0.3, -0.25) is 4.79 Å². The van der Waals surface area contributed by atoms with Crippen LogP contribution in [0.2, 0.25) is 0 Å². The Morgan fingerprint density at radius 3 is 2.65 bits per heavy atom. The number of nitrogens with one attached hydrogen (secondary N) is 2. The summed E-state index contributed by atoms with van der Waals surface area (Å²) in [6.45, 7) is 2.57. The van der Waals surface area contributed by atoms with Gasteiger partial charge in [0.15, 0.2) is 5.69 Å². The van der Waals surface area contributed by atoms with Gasteiger partial charge in [-0.2, -0.15) is 0 Å². The molecule has 0 saturated heterocycles.